The highest BCUT2D eigenvalue weighted by atomic mass is 32.1. The van der Waals surface area contributed by atoms with E-state index in [1.165, 1.54) is 44.3 Å². The summed E-state index contributed by atoms with van der Waals surface area (Å²) < 4.78 is 0. The van der Waals surface area contributed by atoms with Crippen LogP contribution in [0.3, 0.4) is 0 Å². The van der Waals surface area contributed by atoms with Gasteiger partial charge in [-0.1, -0.05) is 19.3 Å². The van der Waals surface area contributed by atoms with Gasteiger partial charge in [0.15, 0.2) is 0 Å². The van der Waals surface area contributed by atoms with Crippen molar-refractivity contribution in [3.05, 3.63) is 16.6 Å². The lowest BCUT2D eigenvalue weighted by Gasteiger charge is -2.21. The number of aromatic nitrogens is 1. The van der Waals surface area contributed by atoms with Crippen LogP contribution in [0, 0.1) is 5.92 Å². The molecule has 1 aromatic heterocycles. The van der Waals surface area contributed by atoms with Crippen molar-refractivity contribution in [3.8, 4) is 0 Å². The molecule has 0 amide bonds. The van der Waals surface area contributed by atoms with Crippen LogP contribution >= 0.6 is 11.3 Å². The zero-order chi connectivity index (χ0) is 10.3. The fraction of sp³-hybridized carbons (Fsp3) is 0.750. The van der Waals surface area contributed by atoms with Crippen LogP contribution in [0.15, 0.2) is 10.9 Å². The fourth-order valence-corrected chi connectivity index (χ4v) is 2.87. The Morgan fingerprint density at radius 3 is 2.93 bits per heavy atom. The smallest absolute Gasteiger partial charge is 0.0794 e. The van der Waals surface area contributed by atoms with Gasteiger partial charge in [-0.2, -0.15) is 0 Å². The quantitative estimate of drug-likeness (QED) is 0.778. The van der Waals surface area contributed by atoms with E-state index in [2.05, 4.69) is 15.7 Å². The molecule has 0 saturated heterocycles. The van der Waals surface area contributed by atoms with Gasteiger partial charge >= 0.3 is 0 Å². The van der Waals surface area contributed by atoms with Crippen LogP contribution in [-0.4, -0.2) is 18.1 Å². The second-order valence-electron chi connectivity index (χ2n) is 4.44. The van der Waals surface area contributed by atoms with Gasteiger partial charge in [0, 0.05) is 18.3 Å². The summed E-state index contributed by atoms with van der Waals surface area (Å²) in [5, 5.41) is 5.70. The van der Waals surface area contributed by atoms with Gasteiger partial charge in [-0.05, 0) is 25.3 Å². The SMILES string of the molecule is c1nc(CCNCC2CCCCC2)cs1. The van der Waals surface area contributed by atoms with E-state index in [1.807, 2.05) is 5.51 Å². The molecule has 0 aliphatic heterocycles. The van der Waals surface area contributed by atoms with Crippen molar-refractivity contribution in [1.82, 2.24) is 10.3 Å². The Hall–Kier alpha value is -0.410. The zero-order valence-corrected chi connectivity index (χ0v) is 10.1. The third-order valence-electron chi connectivity index (χ3n) is 3.20. The molecular formula is C12H20N2S. The molecular weight excluding hydrogens is 204 g/mol. The monoisotopic (exact) mass is 224 g/mol. The van der Waals surface area contributed by atoms with Gasteiger partial charge in [0.25, 0.3) is 0 Å². The molecule has 1 aromatic rings. The van der Waals surface area contributed by atoms with Crippen LogP contribution in [0.4, 0.5) is 0 Å². The highest BCUT2D eigenvalue weighted by molar-refractivity contribution is 7.07. The molecule has 1 fully saturated rings. The van der Waals surface area contributed by atoms with Gasteiger partial charge in [-0.15, -0.1) is 11.3 Å². The van der Waals surface area contributed by atoms with E-state index in [4.69, 9.17) is 0 Å². The normalized spacial score (nSPS) is 18.1. The van der Waals surface area contributed by atoms with E-state index in [0.717, 1.165) is 18.9 Å². The molecule has 0 atom stereocenters. The van der Waals surface area contributed by atoms with Gasteiger partial charge < -0.3 is 5.32 Å². The van der Waals surface area contributed by atoms with Crippen molar-refractivity contribution >= 4 is 11.3 Å². The second-order valence-corrected chi connectivity index (χ2v) is 5.16. The summed E-state index contributed by atoms with van der Waals surface area (Å²) in [6.45, 7) is 2.30. The molecule has 1 aliphatic carbocycles. The van der Waals surface area contributed by atoms with Crippen molar-refractivity contribution in [2.24, 2.45) is 5.92 Å². The maximum Gasteiger partial charge on any atom is 0.0794 e. The maximum absolute atomic E-state index is 4.28. The number of nitrogens with zero attached hydrogens (tertiary/aromatic N) is 1. The van der Waals surface area contributed by atoms with E-state index in [-0.39, 0.29) is 0 Å². The van der Waals surface area contributed by atoms with Gasteiger partial charge in [0.1, 0.15) is 0 Å². The lowest BCUT2D eigenvalue weighted by atomic mass is 9.89. The highest BCUT2D eigenvalue weighted by Crippen LogP contribution is 2.22. The predicted molar refractivity (Wildman–Crippen MR) is 65.3 cm³/mol. The zero-order valence-electron chi connectivity index (χ0n) is 9.24. The average Bonchev–Trinajstić information content (AvgIpc) is 2.79. The van der Waals surface area contributed by atoms with Crippen LogP contribution in [0.25, 0.3) is 0 Å². The molecule has 84 valence electrons. The minimum absolute atomic E-state index is 0.939. The van der Waals surface area contributed by atoms with Crippen LogP contribution in [0.1, 0.15) is 37.8 Å². The standard InChI is InChI=1S/C12H20N2S/c1-2-4-11(5-3-1)8-13-7-6-12-9-15-10-14-12/h9-11,13H,1-8H2. The minimum atomic E-state index is 0.939. The molecule has 1 N–H and O–H groups in total. The molecule has 15 heavy (non-hydrogen) atoms. The summed E-state index contributed by atoms with van der Waals surface area (Å²) in [6.07, 6.45) is 8.29. The van der Waals surface area contributed by atoms with Crippen LogP contribution in [-0.2, 0) is 6.42 Å². The molecule has 1 heterocycles. The first-order chi connectivity index (χ1) is 7.45. The van der Waals surface area contributed by atoms with Crippen molar-refractivity contribution < 1.29 is 0 Å². The Bertz CT molecular complexity index is 253. The van der Waals surface area contributed by atoms with Crippen LogP contribution in [0.2, 0.25) is 0 Å². The number of hydrogen-bond acceptors (Lipinski definition) is 3. The summed E-state index contributed by atoms with van der Waals surface area (Å²) >= 11 is 1.69. The fourth-order valence-electron chi connectivity index (χ4n) is 2.27. The van der Waals surface area contributed by atoms with Crippen LogP contribution < -0.4 is 5.32 Å². The Morgan fingerprint density at radius 2 is 2.20 bits per heavy atom. The highest BCUT2D eigenvalue weighted by Gasteiger charge is 2.12. The maximum atomic E-state index is 4.28. The van der Waals surface area contributed by atoms with E-state index in [0.29, 0.717) is 0 Å². The Labute approximate surface area is 96.1 Å². The molecule has 0 unspecified atom stereocenters. The Kier molecular flexibility index (Phi) is 4.61. The number of hydrogen-bond donors (Lipinski definition) is 1. The number of thiazole rings is 1. The number of rotatable bonds is 5. The number of nitrogens with one attached hydrogen (secondary N) is 1. The van der Waals surface area contributed by atoms with Gasteiger partial charge in [0.05, 0.1) is 11.2 Å². The van der Waals surface area contributed by atoms with E-state index < -0.39 is 0 Å². The first kappa shape index (κ1) is 11.1. The molecule has 2 rings (SSSR count). The van der Waals surface area contributed by atoms with E-state index >= 15 is 0 Å². The van der Waals surface area contributed by atoms with E-state index in [9.17, 15) is 0 Å². The summed E-state index contributed by atoms with van der Waals surface area (Å²) in [7, 11) is 0. The van der Waals surface area contributed by atoms with Crippen molar-refractivity contribution in [2.75, 3.05) is 13.1 Å². The van der Waals surface area contributed by atoms with Gasteiger partial charge in [-0.25, -0.2) is 4.98 Å². The molecule has 0 radical (unpaired) electrons. The van der Waals surface area contributed by atoms with Crippen molar-refractivity contribution in [3.63, 3.8) is 0 Å². The summed E-state index contributed by atoms with van der Waals surface area (Å²) in [5.74, 6) is 0.939. The lowest BCUT2D eigenvalue weighted by molar-refractivity contribution is 0.343. The largest absolute Gasteiger partial charge is 0.316 e. The minimum Gasteiger partial charge on any atom is -0.316 e. The second kappa shape index (κ2) is 6.23. The lowest BCUT2D eigenvalue weighted by Crippen LogP contribution is -2.26. The first-order valence-corrected chi connectivity index (χ1v) is 6.97. The molecule has 0 aromatic carbocycles. The molecule has 1 saturated carbocycles. The average molecular weight is 224 g/mol. The van der Waals surface area contributed by atoms with Gasteiger partial charge in [-0.3, -0.25) is 0 Å². The molecule has 1 aliphatic rings. The third-order valence-corrected chi connectivity index (χ3v) is 3.83. The van der Waals surface area contributed by atoms with Crippen molar-refractivity contribution in [1.29, 1.82) is 0 Å². The molecule has 0 spiro atoms. The molecule has 3 heteroatoms. The van der Waals surface area contributed by atoms with Crippen molar-refractivity contribution in [2.45, 2.75) is 38.5 Å². The Morgan fingerprint density at radius 1 is 1.33 bits per heavy atom. The predicted octanol–water partition coefficient (Wildman–Crippen LogP) is 2.86. The molecule has 0 bridgehead atoms. The van der Waals surface area contributed by atoms with E-state index in [1.54, 1.807) is 11.3 Å². The summed E-state index contributed by atoms with van der Waals surface area (Å²) in [6, 6.07) is 0. The van der Waals surface area contributed by atoms with Crippen LogP contribution in [0.5, 0.6) is 0 Å². The third kappa shape index (κ3) is 3.92. The van der Waals surface area contributed by atoms with Gasteiger partial charge in [0.2, 0.25) is 0 Å². The summed E-state index contributed by atoms with van der Waals surface area (Å²) in [5.41, 5.74) is 3.15. The first-order valence-electron chi connectivity index (χ1n) is 6.03. The Balaban J connectivity index is 1.54. The molecule has 2 nitrogen and oxygen atoms in total. The summed E-state index contributed by atoms with van der Waals surface area (Å²) in [4.78, 5) is 4.28. The topological polar surface area (TPSA) is 24.9 Å².